The molecule has 0 spiro atoms. The van der Waals surface area contributed by atoms with Gasteiger partial charge in [-0.3, -0.25) is 4.79 Å². The van der Waals surface area contributed by atoms with Crippen molar-refractivity contribution in [3.05, 3.63) is 61.5 Å². The van der Waals surface area contributed by atoms with Crippen molar-refractivity contribution in [2.75, 3.05) is 5.32 Å². The fourth-order valence-electron chi connectivity index (χ4n) is 2.08. The number of aryl methyl sites for hydroxylation is 3. The first kappa shape index (κ1) is 15.3. The molecular formula is C16H15Br2NO. The first-order chi connectivity index (χ1) is 9.38. The van der Waals surface area contributed by atoms with Gasteiger partial charge in [0.2, 0.25) is 0 Å². The Bertz CT molecular complexity index is 657. The van der Waals surface area contributed by atoms with Crippen LogP contribution in [0.25, 0.3) is 0 Å². The van der Waals surface area contributed by atoms with Crippen molar-refractivity contribution in [2.24, 2.45) is 0 Å². The van der Waals surface area contributed by atoms with Crippen LogP contribution in [0.15, 0.2) is 39.3 Å². The minimum Gasteiger partial charge on any atom is -0.322 e. The molecule has 2 nitrogen and oxygen atoms in total. The van der Waals surface area contributed by atoms with Crippen LogP contribution in [-0.4, -0.2) is 5.91 Å². The van der Waals surface area contributed by atoms with Gasteiger partial charge < -0.3 is 5.32 Å². The van der Waals surface area contributed by atoms with Crippen LogP contribution in [0.3, 0.4) is 0 Å². The Morgan fingerprint density at radius 1 is 0.950 bits per heavy atom. The SMILES string of the molecule is Cc1cc(C(=O)Nc2c(C)cc(Br)cc2C)ccc1Br. The summed E-state index contributed by atoms with van der Waals surface area (Å²) in [5, 5.41) is 2.99. The summed E-state index contributed by atoms with van der Waals surface area (Å²) in [5.74, 6) is -0.0888. The molecule has 0 aliphatic rings. The van der Waals surface area contributed by atoms with Crippen LogP contribution >= 0.6 is 31.9 Å². The fraction of sp³-hybridized carbons (Fsp3) is 0.188. The molecule has 0 saturated carbocycles. The summed E-state index contributed by atoms with van der Waals surface area (Å²) >= 11 is 6.90. The van der Waals surface area contributed by atoms with E-state index in [1.165, 1.54) is 0 Å². The molecule has 0 saturated heterocycles. The number of rotatable bonds is 2. The number of halogens is 2. The van der Waals surface area contributed by atoms with Crippen LogP contribution in [0.5, 0.6) is 0 Å². The number of hydrogen-bond donors (Lipinski definition) is 1. The van der Waals surface area contributed by atoms with E-state index in [1.807, 2.05) is 51.1 Å². The molecule has 2 aromatic rings. The number of carbonyl (C=O) groups is 1. The number of hydrogen-bond acceptors (Lipinski definition) is 1. The molecule has 0 heterocycles. The second-order valence-electron chi connectivity index (χ2n) is 4.83. The highest BCUT2D eigenvalue weighted by atomic mass is 79.9. The van der Waals surface area contributed by atoms with E-state index < -0.39 is 0 Å². The maximum absolute atomic E-state index is 12.3. The molecule has 1 N–H and O–H groups in total. The number of nitrogens with one attached hydrogen (secondary N) is 1. The van der Waals surface area contributed by atoms with E-state index in [2.05, 4.69) is 37.2 Å². The minimum atomic E-state index is -0.0888. The van der Waals surface area contributed by atoms with Crippen LogP contribution in [0.2, 0.25) is 0 Å². The summed E-state index contributed by atoms with van der Waals surface area (Å²) < 4.78 is 2.02. The van der Waals surface area contributed by atoms with Crippen molar-refractivity contribution < 1.29 is 4.79 Å². The quantitative estimate of drug-likeness (QED) is 0.724. The van der Waals surface area contributed by atoms with Crippen LogP contribution < -0.4 is 5.32 Å². The Hall–Kier alpha value is -1.13. The molecule has 2 rings (SSSR count). The molecule has 104 valence electrons. The van der Waals surface area contributed by atoms with Gasteiger partial charge in [-0.05, 0) is 67.8 Å². The van der Waals surface area contributed by atoms with E-state index in [4.69, 9.17) is 0 Å². The summed E-state index contributed by atoms with van der Waals surface area (Å²) in [5.41, 5.74) is 4.66. The molecule has 0 bridgehead atoms. The van der Waals surface area contributed by atoms with Gasteiger partial charge in [0, 0.05) is 20.2 Å². The molecule has 20 heavy (non-hydrogen) atoms. The van der Waals surface area contributed by atoms with Gasteiger partial charge in [-0.25, -0.2) is 0 Å². The molecule has 4 heteroatoms. The van der Waals surface area contributed by atoms with Crippen LogP contribution in [-0.2, 0) is 0 Å². The van der Waals surface area contributed by atoms with Gasteiger partial charge in [0.25, 0.3) is 5.91 Å². The first-order valence-corrected chi connectivity index (χ1v) is 7.81. The number of anilines is 1. The van der Waals surface area contributed by atoms with Crippen molar-refractivity contribution >= 4 is 43.5 Å². The second-order valence-corrected chi connectivity index (χ2v) is 6.60. The zero-order chi connectivity index (χ0) is 14.9. The molecule has 0 aliphatic heterocycles. The van der Waals surface area contributed by atoms with Crippen molar-refractivity contribution in [3.8, 4) is 0 Å². The zero-order valence-corrected chi connectivity index (χ0v) is 14.7. The largest absolute Gasteiger partial charge is 0.322 e. The van der Waals surface area contributed by atoms with Crippen molar-refractivity contribution in [1.29, 1.82) is 0 Å². The predicted octanol–water partition coefficient (Wildman–Crippen LogP) is 5.39. The van der Waals surface area contributed by atoms with E-state index in [9.17, 15) is 4.79 Å². The Morgan fingerprint density at radius 2 is 1.55 bits per heavy atom. The molecule has 2 aromatic carbocycles. The van der Waals surface area contributed by atoms with E-state index in [0.717, 1.165) is 31.3 Å². The van der Waals surface area contributed by atoms with Gasteiger partial charge in [0.15, 0.2) is 0 Å². The van der Waals surface area contributed by atoms with Gasteiger partial charge >= 0.3 is 0 Å². The molecule has 0 fully saturated rings. The number of carbonyl (C=O) groups excluding carboxylic acids is 1. The van der Waals surface area contributed by atoms with Gasteiger partial charge in [-0.1, -0.05) is 31.9 Å². The van der Waals surface area contributed by atoms with Crippen LogP contribution in [0.1, 0.15) is 27.0 Å². The molecule has 0 aromatic heterocycles. The third-order valence-corrected chi connectivity index (χ3v) is 4.50. The lowest BCUT2D eigenvalue weighted by atomic mass is 10.1. The third-order valence-electron chi connectivity index (χ3n) is 3.16. The van der Waals surface area contributed by atoms with E-state index in [-0.39, 0.29) is 5.91 Å². The maximum atomic E-state index is 12.3. The zero-order valence-electron chi connectivity index (χ0n) is 11.6. The van der Waals surface area contributed by atoms with E-state index in [0.29, 0.717) is 5.56 Å². The third kappa shape index (κ3) is 3.30. The molecule has 0 aliphatic carbocycles. The first-order valence-electron chi connectivity index (χ1n) is 6.22. The Labute approximate surface area is 135 Å². The Morgan fingerprint density at radius 3 is 2.10 bits per heavy atom. The van der Waals surface area contributed by atoms with Gasteiger partial charge in [-0.15, -0.1) is 0 Å². The molecular weight excluding hydrogens is 382 g/mol. The minimum absolute atomic E-state index is 0.0888. The Balaban J connectivity index is 2.30. The maximum Gasteiger partial charge on any atom is 0.255 e. The lowest BCUT2D eigenvalue weighted by molar-refractivity contribution is 0.102. The summed E-state index contributed by atoms with van der Waals surface area (Å²) in [6, 6.07) is 9.58. The van der Waals surface area contributed by atoms with Gasteiger partial charge in [0.1, 0.15) is 0 Å². The summed E-state index contributed by atoms with van der Waals surface area (Å²) in [4.78, 5) is 12.3. The highest BCUT2D eigenvalue weighted by Gasteiger charge is 2.11. The van der Waals surface area contributed by atoms with E-state index in [1.54, 1.807) is 0 Å². The molecule has 0 atom stereocenters. The van der Waals surface area contributed by atoms with Crippen molar-refractivity contribution in [1.82, 2.24) is 0 Å². The fourth-order valence-corrected chi connectivity index (χ4v) is 3.01. The Kier molecular flexibility index (Phi) is 4.66. The monoisotopic (exact) mass is 395 g/mol. The summed E-state index contributed by atoms with van der Waals surface area (Å²) in [6.45, 7) is 5.94. The highest BCUT2D eigenvalue weighted by molar-refractivity contribution is 9.10. The number of benzene rings is 2. The lowest BCUT2D eigenvalue weighted by Gasteiger charge is -2.13. The summed E-state index contributed by atoms with van der Waals surface area (Å²) in [6.07, 6.45) is 0. The van der Waals surface area contributed by atoms with Crippen molar-refractivity contribution in [3.63, 3.8) is 0 Å². The van der Waals surface area contributed by atoms with Crippen molar-refractivity contribution in [2.45, 2.75) is 20.8 Å². The lowest BCUT2D eigenvalue weighted by Crippen LogP contribution is -2.14. The normalized spacial score (nSPS) is 10.4. The molecule has 0 radical (unpaired) electrons. The topological polar surface area (TPSA) is 29.1 Å². The van der Waals surface area contributed by atoms with Crippen LogP contribution in [0.4, 0.5) is 5.69 Å². The average molecular weight is 397 g/mol. The summed E-state index contributed by atoms with van der Waals surface area (Å²) in [7, 11) is 0. The predicted molar refractivity (Wildman–Crippen MR) is 90.4 cm³/mol. The van der Waals surface area contributed by atoms with Gasteiger partial charge in [-0.2, -0.15) is 0 Å². The standard InChI is InChI=1S/C16H15Br2NO/c1-9-6-12(4-5-14(9)18)16(20)19-15-10(2)7-13(17)8-11(15)3/h4-8H,1-3H3,(H,19,20). The van der Waals surface area contributed by atoms with Gasteiger partial charge in [0.05, 0.1) is 0 Å². The number of amides is 1. The average Bonchev–Trinajstić information content (AvgIpc) is 2.36. The second kappa shape index (κ2) is 6.10. The smallest absolute Gasteiger partial charge is 0.255 e. The molecule has 1 amide bonds. The molecule has 0 unspecified atom stereocenters. The van der Waals surface area contributed by atoms with Crippen LogP contribution in [0, 0.1) is 20.8 Å². The highest BCUT2D eigenvalue weighted by Crippen LogP contribution is 2.26. The van der Waals surface area contributed by atoms with E-state index >= 15 is 0 Å².